The summed E-state index contributed by atoms with van der Waals surface area (Å²) in [6.45, 7) is 0.426. The number of amides is 1. The summed E-state index contributed by atoms with van der Waals surface area (Å²) >= 11 is 0. The minimum absolute atomic E-state index is 0.114. The number of aromatic nitrogens is 3. The summed E-state index contributed by atoms with van der Waals surface area (Å²) in [5.74, 6) is 1.26. The number of nitrogens with one attached hydrogen (secondary N) is 1. The lowest BCUT2D eigenvalue weighted by Gasteiger charge is -2.12. The maximum absolute atomic E-state index is 12.0. The number of pyridine rings is 1. The van der Waals surface area contributed by atoms with Crippen LogP contribution in [-0.2, 0) is 11.2 Å². The highest BCUT2D eigenvalue weighted by molar-refractivity contribution is 5.91. The smallest absolute Gasteiger partial charge is 0.244 e. The number of hydrogen-bond acceptors (Lipinski definition) is 5. The van der Waals surface area contributed by atoms with Gasteiger partial charge < -0.3 is 10.1 Å². The van der Waals surface area contributed by atoms with Gasteiger partial charge in [-0.2, -0.15) is 0 Å². The number of ether oxygens (including phenoxy) is 1. The summed E-state index contributed by atoms with van der Waals surface area (Å²) in [5, 5.41) is 2.88. The first-order valence-corrected chi connectivity index (χ1v) is 8.72. The van der Waals surface area contributed by atoms with Gasteiger partial charge in [0.05, 0.1) is 17.8 Å². The van der Waals surface area contributed by atoms with Gasteiger partial charge in [-0.05, 0) is 35.9 Å². The highest BCUT2D eigenvalue weighted by Gasteiger charge is 2.26. The van der Waals surface area contributed by atoms with Crippen LogP contribution in [0.2, 0.25) is 0 Å². The van der Waals surface area contributed by atoms with Crippen LogP contribution in [0.25, 0.3) is 17.5 Å². The number of rotatable bonds is 5. The molecule has 0 radical (unpaired) electrons. The van der Waals surface area contributed by atoms with Gasteiger partial charge in [0.25, 0.3) is 0 Å². The maximum atomic E-state index is 12.0. The standard InChI is InChI=1S/C21H18N4O2/c26-19(9-8-16-6-1-2-10-22-16)25-14-17-13-15-5-3-7-18(20(15)27-17)21-23-11-4-12-24-21/h1-12,17H,13-14H2,(H,25,26)/b9-8+. The molecule has 0 saturated carbocycles. The number of carbonyl (C=O) groups is 1. The fraction of sp³-hybridized carbons (Fsp3) is 0.143. The summed E-state index contributed by atoms with van der Waals surface area (Å²) in [6.07, 6.45) is 8.90. The number of para-hydroxylation sites is 1. The molecule has 6 nitrogen and oxygen atoms in total. The van der Waals surface area contributed by atoms with E-state index in [-0.39, 0.29) is 12.0 Å². The van der Waals surface area contributed by atoms with Gasteiger partial charge in [-0.3, -0.25) is 9.78 Å². The molecule has 1 aliphatic heterocycles. The van der Waals surface area contributed by atoms with Crippen molar-refractivity contribution in [1.82, 2.24) is 20.3 Å². The van der Waals surface area contributed by atoms with E-state index >= 15 is 0 Å². The molecule has 4 rings (SSSR count). The van der Waals surface area contributed by atoms with Crippen LogP contribution in [-0.4, -0.2) is 33.5 Å². The van der Waals surface area contributed by atoms with E-state index in [4.69, 9.17) is 4.74 Å². The largest absolute Gasteiger partial charge is 0.487 e. The van der Waals surface area contributed by atoms with Crippen molar-refractivity contribution in [2.75, 3.05) is 6.54 Å². The Bertz CT molecular complexity index is 958. The Balaban J connectivity index is 1.38. The summed E-state index contributed by atoms with van der Waals surface area (Å²) < 4.78 is 6.07. The lowest BCUT2D eigenvalue weighted by atomic mass is 10.1. The van der Waals surface area contributed by atoms with Crippen LogP contribution in [0, 0.1) is 0 Å². The summed E-state index contributed by atoms with van der Waals surface area (Å²) in [4.78, 5) is 24.8. The molecule has 1 unspecified atom stereocenters. The van der Waals surface area contributed by atoms with Gasteiger partial charge >= 0.3 is 0 Å². The van der Waals surface area contributed by atoms with Gasteiger partial charge in [0, 0.05) is 31.1 Å². The van der Waals surface area contributed by atoms with Crippen molar-refractivity contribution in [2.24, 2.45) is 0 Å². The first-order valence-electron chi connectivity index (χ1n) is 8.72. The van der Waals surface area contributed by atoms with E-state index in [1.54, 1.807) is 30.7 Å². The van der Waals surface area contributed by atoms with Gasteiger partial charge in [-0.15, -0.1) is 0 Å². The average molecular weight is 358 g/mol. The molecule has 0 bridgehead atoms. The quantitative estimate of drug-likeness (QED) is 0.710. The van der Waals surface area contributed by atoms with Gasteiger partial charge in [0.15, 0.2) is 5.82 Å². The highest BCUT2D eigenvalue weighted by atomic mass is 16.5. The Morgan fingerprint density at radius 1 is 1.07 bits per heavy atom. The van der Waals surface area contributed by atoms with Crippen LogP contribution < -0.4 is 10.1 Å². The maximum Gasteiger partial charge on any atom is 0.244 e. The van der Waals surface area contributed by atoms with E-state index in [0.717, 1.165) is 29.0 Å². The van der Waals surface area contributed by atoms with Crippen LogP contribution in [0.3, 0.4) is 0 Å². The minimum atomic E-state index is -0.174. The van der Waals surface area contributed by atoms with Gasteiger partial charge in [0.2, 0.25) is 5.91 Å². The van der Waals surface area contributed by atoms with E-state index in [1.165, 1.54) is 6.08 Å². The molecule has 1 N–H and O–H groups in total. The third kappa shape index (κ3) is 4.00. The molecule has 0 spiro atoms. The second-order valence-corrected chi connectivity index (χ2v) is 6.14. The van der Waals surface area contributed by atoms with Gasteiger partial charge in [0.1, 0.15) is 11.9 Å². The topological polar surface area (TPSA) is 77.0 Å². The number of hydrogen-bond donors (Lipinski definition) is 1. The van der Waals surface area contributed by atoms with Crippen LogP contribution in [0.1, 0.15) is 11.3 Å². The van der Waals surface area contributed by atoms with Crippen LogP contribution in [0.4, 0.5) is 0 Å². The van der Waals surface area contributed by atoms with Crippen molar-refractivity contribution < 1.29 is 9.53 Å². The van der Waals surface area contributed by atoms with E-state index in [1.807, 2.05) is 36.4 Å². The number of nitrogens with zero attached hydrogens (tertiary/aromatic N) is 3. The summed E-state index contributed by atoms with van der Waals surface area (Å²) in [6, 6.07) is 13.3. The predicted molar refractivity (Wildman–Crippen MR) is 102 cm³/mol. The molecular weight excluding hydrogens is 340 g/mol. The zero-order chi connectivity index (χ0) is 18.5. The molecule has 3 heterocycles. The summed E-state index contributed by atoms with van der Waals surface area (Å²) in [5.41, 5.74) is 2.71. The molecule has 0 aliphatic carbocycles. The lowest BCUT2D eigenvalue weighted by molar-refractivity contribution is -0.116. The Morgan fingerprint density at radius 3 is 2.74 bits per heavy atom. The Kier molecular flexibility index (Phi) is 4.87. The number of fused-ring (bicyclic) bond motifs is 1. The molecule has 6 heteroatoms. The van der Waals surface area contributed by atoms with Crippen LogP contribution in [0.15, 0.2) is 67.1 Å². The van der Waals surface area contributed by atoms with E-state index in [9.17, 15) is 4.79 Å². The molecule has 0 fully saturated rings. The minimum Gasteiger partial charge on any atom is -0.487 e. The monoisotopic (exact) mass is 358 g/mol. The fourth-order valence-electron chi connectivity index (χ4n) is 2.98. The van der Waals surface area contributed by atoms with Crippen molar-refractivity contribution in [3.05, 3.63) is 78.4 Å². The molecule has 0 saturated heterocycles. The molecule has 1 amide bonds. The van der Waals surface area contributed by atoms with E-state index in [0.29, 0.717) is 12.4 Å². The molecule has 1 atom stereocenters. The van der Waals surface area contributed by atoms with Crippen LogP contribution >= 0.6 is 0 Å². The SMILES string of the molecule is O=C(/C=C/c1ccccn1)NCC1Cc2cccc(-c3ncccn3)c2O1. The zero-order valence-electron chi connectivity index (χ0n) is 14.6. The molecule has 27 heavy (non-hydrogen) atoms. The summed E-state index contributed by atoms with van der Waals surface area (Å²) in [7, 11) is 0. The van der Waals surface area contributed by atoms with Crippen molar-refractivity contribution in [2.45, 2.75) is 12.5 Å². The zero-order valence-corrected chi connectivity index (χ0v) is 14.6. The molecule has 1 aromatic carbocycles. The first kappa shape index (κ1) is 16.9. The Morgan fingerprint density at radius 2 is 1.93 bits per heavy atom. The second-order valence-electron chi connectivity index (χ2n) is 6.14. The number of benzene rings is 1. The fourth-order valence-corrected chi connectivity index (χ4v) is 2.98. The van der Waals surface area contributed by atoms with Crippen LogP contribution in [0.5, 0.6) is 5.75 Å². The molecule has 2 aromatic heterocycles. The lowest BCUT2D eigenvalue weighted by Crippen LogP contribution is -2.33. The normalized spacial score (nSPS) is 15.3. The molecule has 134 valence electrons. The van der Waals surface area contributed by atoms with Crippen molar-refractivity contribution in [3.63, 3.8) is 0 Å². The van der Waals surface area contributed by atoms with Gasteiger partial charge in [-0.25, -0.2) is 9.97 Å². The Labute approximate surface area is 157 Å². The molecular formula is C21H18N4O2. The number of carbonyl (C=O) groups excluding carboxylic acids is 1. The second kappa shape index (κ2) is 7.78. The van der Waals surface area contributed by atoms with Crippen molar-refractivity contribution in [3.8, 4) is 17.1 Å². The third-order valence-electron chi connectivity index (χ3n) is 4.23. The van der Waals surface area contributed by atoms with Gasteiger partial charge in [-0.1, -0.05) is 18.2 Å². The Hall–Kier alpha value is -3.54. The predicted octanol–water partition coefficient (Wildman–Crippen LogP) is 2.67. The third-order valence-corrected chi connectivity index (χ3v) is 4.23. The highest BCUT2D eigenvalue weighted by Crippen LogP contribution is 2.37. The average Bonchev–Trinajstić information content (AvgIpc) is 3.15. The molecule has 1 aliphatic rings. The molecule has 3 aromatic rings. The first-order chi connectivity index (χ1) is 13.3. The van der Waals surface area contributed by atoms with E-state index < -0.39 is 0 Å². The van der Waals surface area contributed by atoms with Crippen molar-refractivity contribution in [1.29, 1.82) is 0 Å². The van der Waals surface area contributed by atoms with Crippen molar-refractivity contribution >= 4 is 12.0 Å². The van der Waals surface area contributed by atoms with E-state index in [2.05, 4.69) is 20.3 Å².